The number of aliphatic hydroxyl groups is 2. The highest BCUT2D eigenvalue weighted by Crippen LogP contribution is 2.45. The van der Waals surface area contributed by atoms with Crippen LogP contribution in [-0.4, -0.2) is 55.2 Å². The highest BCUT2D eigenvalue weighted by Gasteiger charge is 2.31. The quantitative estimate of drug-likeness (QED) is 0.0525. The summed E-state index contributed by atoms with van der Waals surface area (Å²) in [6.45, 7) is 12.8. The van der Waals surface area contributed by atoms with Crippen molar-refractivity contribution < 1.29 is 42.8 Å². The molecule has 2 aliphatic carbocycles. The van der Waals surface area contributed by atoms with Gasteiger partial charge >= 0.3 is 11.9 Å². The second-order valence-corrected chi connectivity index (χ2v) is 18.4. The van der Waals surface area contributed by atoms with Gasteiger partial charge in [0.2, 0.25) is 0 Å². The molecule has 0 amide bonds. The van der Waals surface area contributed by atoms with E-state index in [-0.39, 0.29) is 44.8 Å². The number of ether oxygens (including phenoxy) is 3. The number of aryl methyl sites for hydroxylation is 2. The fraction of sp³-hybridized carbons (Fsp3) is 0.556. The minimum Gasteiger partial charge on any atom is -0.493 e. The zero-order chi connectivity index (χ0) is 45.3. The second-order valence-electron chi connectivity index (χ2n) is 18.4. The minimum absolute atomic E-state index is 0.132. The molecule has 9 heteroatoms. The standard InChI is InChI=1S/C54H72F2O7/c1-6-7-8-11-38-14-16-40(17-15-38)41-18-20-42(21-19-41)43-22-24-48(50(55)32-43)44-23-25-49(51(56)33-44)47-30-45(12-9-27-62-53(59)36(2)3)52(61-29-26-39(34-57)35-58)46(31-47)13-10-28-63-54(60)37(4)5/h22-25,30-33,38-42,57-58H,2,4,6-21,26-29,34-35H2,1,3,5H3. The van der Waals surface area contributed by atoms with Gasteiger partial charge in [-0.15, -0.1) is 0 Å². The summed E-state index contributed by atoms with van der Waals surface area (Å²) < 4.78 is 49.4. The van der Waals surface area contributed by atoms with E-state index in [0.29, 0.717) is 77.2 Å². The molecule has 0 bridgehead atoms. The predicted octanol–water partition coefficient (Wildman–Crippen LogP) is 12.4. The zero-order valence-electron chi connectivity index (χ0n) is 38.2. The normalized spacial score (nSPS) is 18.9. The van der Waals surface area contributed by atoms with Gasteiger partial charge in [0.25, 0.3) is 0 Å². The second kappa shape index (κ2) is 25.2. The monoisotopic (exact) mass is 871 g/mol. The maximum Gasteiger partial charge on any atom is 0.333 e. The first-order valence-corrected chi connectivity index (χ1v) is 23.7. The van der Waals surface area contributed by atoms with Crippen LogP contribution >= 0.6 is 0 Å². The van der Waals surface area contributed by atoms with Crippen molar-refractivity contribution in [3.05, 3.63) is 101 Å². The Hall–Kier alpha value is -4.34. The van der Waals surface area contributed by atoms with Gasteiger partial charge in [-0.2, -0.15) is 0 Å². The van der Waals surface area contributed by atoms with Crippen molar-refractivity contribution in [1.82, 2.24) is 0 Å². The number of benzene rings is 3. The topological polar surface area (TPSA) is 102 Å². The van der Waals surface area contributed by atoms with Gasteiger partial charge in [0, 0.05) is 41.4 Å². The largest absolute Gasteiger partial charge is 0.493 e. The predicted molar refractivity (Wildman–Crippen MR) is 247 cm³/mol. The lowest BCUT2D eigenvalue weighted by Gasteiger charge is -2.38. The smallest absolute Gasteiger partial charge is 0.333 e. The van der Waals surface area contributed by atoms with Gasteiger partial charge in [0.15, 0.2) is 0 Å². The van der Waals surface area contributed by atoms with Crippen LogP contribution in [0.4, 0.5) is 8.78 Å². The molecule has 5 rings (SSSR count). The van der Waals surface area contributed by atoms with Crippen LogP contribution in [0.1, 0.15) is 140 Å². The van der Waals surface area contributed by atoms with Crippen LogP contribution < -0.4 is 4.74 Å². The van der Waals surface area contributed by atoms with Crippen LogP contribution in [0.2, 0.25) is 0 Å². The number of hydrogen-bond donors (Lipinski definition) is 2. The first kappa shape index (κ1) is 49.7. The maximum atomic E-state index is 16.3. The molecule has 0 aromatic heterocycles. The highest BCUT2D eigenvalue weighted by atomic mass is 19.1. The Bertz CT molecular complexity index is 1920. The average Bonchev–Trinajstić information content (AvgIpc) is 3.28. The number of aliphatic hydroxyl groups excluding tert-OH is 2. The van der Waals surface area contributed by atoms with Crippen molar-refractivity contribution in [3.63, 3.8) is 0 Å². The van der Waals surface area contributed by atoms with E-state index in [4.69, 9.17) is 14.2 Å². The first-order valence-electron chi connectivity index (χ1n) is 23.7. The molecule has 0 atom stereocenters. The summed E-state index contributed by atoms with van der Waals surface area (Å²) in [4.78, 5) is 24.2. The molecule has 0 unspecified atom stereocenters. The Morgan fingerprint density at radius 2 is 1.22 bits per heavy atom. The number of hydrogen-bond acceptors (Lipinski definition) is 7. The van der Waals surface area contributed by atoms with Crippen LogP contribution in [-0.2, 0) is 31.9 Å². The summed E-state index contributed by atoms with van der Waals surface area (Å²) >= 11 is 0. The number of unbranched alkanes of at least 4 members (excludes halogenated alkanes) is 2. The van der Waals surface area contributed by atoms with Crippen LogP contribution in [0, 0.1) is 35.3 Å². The zero-order valence-corrected chi connectivity index (χ0v) is 38.2. The SMILES string of the molecule is C=C(C)C(=O)OCCCc1cc(-c2ccc(-c3ccc(C4CCC(C5CCC(CCCCC)CC5)CC4)cc3F)cc2F)cc(CCCOC(=O)C(=C)C)c1OCCC(CO)CO. The Kier molecular flexibility index (Phi) is 19.9. The van der Waals surface area contributed by atoms with E-state index < -0.39 is 17.8 Å². The molecule has 2 fully saturated rings. The molecule has 0 aliphatic heterocycles. The van der Waals surface area contributed by atoms with Crippen molar-refractivity contribution in [2.24, 2.45) is 23.7 Å². The fourth-order valence-electron chi connectivity index (χ4n) is 9.63. The van der Waals surface area contributed by atoms with Gasteiger partial charge < -0.3 is 24.4 Å². The Balaban J connectivity index is 1.33. The molecule has 63 heavy (non-hydrogen) atoms. The Morgan fingerprint density at radius 3 is 1.75 bits per heavy atom. The Morgan fingerprint density at radius 1 is 0.683 bits per heavy atom. The average molecular weight is 871 g/mol. The van der Waals surface area contributed by atoms with Gasteiger partial charge in [0.05, 0.1) is 19.8 Å². The molecule has 2 N–H and O–H groups in total. The summed E-state index contributed by atoms with van der Waals surface area (Å²) in [7, 11) is 0. The van der Waals surface area contributed by atoms with Crippen LogP contribution in [0.3, 0.4) is 0 Å². The number of carbonyl (C=O) groups excluding carboxylic acids is 2. The molecular weight excluding hydrogens is 799 g/mol. The molecule has 7 nitrogen and oxygen atoms in total. The molecule has 0 radical (unpaired) electrons. The Labute approximate surface area is 375 Å². The van der Waals surface area contributed by atoms with E-state index in [1.807, 2.05) is 18.2 Å². The summed E-state index contributed by atoms with van der Waals surface area (Å²) in [5, 5.41) is 19.3. The fourth-order valence-corrected chi connectivity index (χ4v) is 9.63. The third-order valence-electron chi connectivity index (χ3n) is 13.5. The molecule has 0 spiro atoms. The van der Waals surface area contributed by atoms with E-state index in [0.717, 1.165) is 47.3 Å². The lowest BCUT2D eigenvalue weighted by molar-refractivity contribution is -0.139. The third kappa shape index (κ3) is 14.6. The third-order valence-corrected chi connectivity index (χ3v) is 13.5. The lowest BCUT2D eigenvalue weighted by Crippen LogP contribution is -2.25. The van der Waals surface area contributed by atoms with Crippen molar-refractivity contribution in [1.29, 1.82) is 0 Å². The maximum absolute atomic E-state index is 16.3. The van der Waals surface area contributed by atoms with E-state index in [2.05, 4.69) is 20.1 Å². The van der Waals surface area contributed by atoms with Crippen molar-refractivity contribution in [2.75, 3.05) is 33.0 Å². The summed E-state index contributed by atoms with van der Waals surface area (Å²) in [5.41, 5.74) is 4.85. The molecule has 3 aromatic carbocycles. The summed E-state index contributed by atoms with van der Waals surface area (Å²) in [5.74, 6) is 1.28. The van der Waals surface area contributed by atoms with Crippen molar-refractivity contribution in [3.8, 4) is 28.0 Å². The summed E-state index contributed by atoms with van der Waals surface area (Å²) in [6.07, 6.45) is 17.7. The number of halogens is 2. The van der Waals surface area contributed by atoms with Crippen molar-refractivity contribution >= 4 is 11.9 Å². The molecule has 0 saturated heterocycles. The van der Waals surface area contributed by atoms with Gasteiger partial charge in [-0.05, 0) is 160 Å². The van der Waals surface area contributed by atoms with Gasteiger partial charge in [-0.3, -0.25) is 0 Å². The molecular formula is C54H72F2O7. The number of rotatable bonds is 24. The van der Waals surface area contributed by atoms with E-state index in [1.54, 1.807) is 38.1 Å². The van der Waals surface area contributed by atoms with E-state index >= 15 is 8.78 Å². The minimum atomic E-state index is -0.505. The summed E-state index contributed by atoms with van der Waals surface area (Å²) in [6, 6.07) is 14.0. The van der Waals surface area contributed by atoms with Gasteiger partial charge in [-0.1, -0.05) is 82.9 Å². The molecule has 2 saturated carbocycles. The van der Waals surface area contributed by atoms with Gasteiger partial charge in [-0.25, -0.2) is 18.4 Å². The van der Waals surface area contributed by atoms with Crippen LogP contribution in [0.25, 0.3) is 22.3 Å². The molecule has 3 aromatic rings. The van der Waals surface area contributed by atoms with Gasteiger partial charge in [0.1, 0.15) is 17.4 Å². The van der Waals surface area contributed by atoms with Crippen LogP contribution in [0.5, 0.6) is 5.75 Å². The number of carbonyl (C=O) groups is 2. The molecule has 0 heterocycles. The number of esters is 2. The van der Waals surface area contributed by atoms with Crippen molar-refractivity contribution in [2.45, 2.75) is 136 Å². The first-order chi connectivity index (χ1) is 30.4. The molecule has 344 valence electrons. The highest BCUT2D eigenvalue weighted by molar-refractivity contribution is 5.87. The van der Waals surface area contributed by atoms with Crippen LogP contribution in [0.15, 0.2) is 72.8 Å². The van der Waals surface area contributed by atoms with E-state index in [9.17, 15) is 19.8 Å². The molecule has 2 aliphatic rings. The lowest BCUT2D eigenvalue weighted by atomic mass is 9.68. The van der Waals surface area contributed by atoms with E-state index in [1.165, 1.54) is 70.3 Å².